The van der Waals surface area contributed by atoms with Gasteiger partial charge in [0.2, 0.25) is 5.89 Å². The third-order valence-corrected chi connectivity index (χ3v) is 5.04. The van der Waals surface area contributed by atoms with Gasteiger partial charge in [-0.25, -0.2) is 0 Å². The molecule has 11 nitrogen and oxygen atoms in total. The lowest BCUT2D eigenvalue weighted by Gasteiger charge is -2.09. The minimum absolute atomic E-state index is 0.0710. The first kappa shape index (κ1) is 21.5. The number of anilines is 2. The fraction of sp³-hybridized carbons (Fsp3) is 0. The van der Waals surface area contributed by atoms with Crippen LogP contribution in [-0.2, 0) is 0 Å². The second-order valence-electron chi connectivity index (χ2n) is 7.32. The van der Waals surface area contributed by atoms with Gasteiger partial charge in [-0.2, -0.15) is 0 Å². The number of aromatic nitrogens is 2. The van der Waals surface area contributed by atoms with Crippen molar-refractivity contribution < 1.29 is 23.3 Å². The summed E-state index contributed by atoms with van der Waals surface area (Å²) in [5.74, 6) is -0.933. The maximum atomic E-state index is 12.9. The number of nitro groups is 1. The molecule has 0 bridgehead atoms. The van der Waals surface area contributed by atoms with Crippen molar-refractivity contribution in [2.45, 2.75) is 0 Å². The van der Waals surface area contributed by atoms with Crippen LogP contribution in [0.5, 0.6) is 0 Å². The Morgan fingerprint density at radius 1 is 0.829 bits per heavy atom. The molecule has 172 valence electrons. The summed E-state index contributed by atoms with van der Waals surface area (Å²) in [7, 11) is 0. The normalized spacial score (nSPS) is 10.7. The van der Waals surface area contributed by atoms with E-state index in [0.717, 1.165) is 5.39 Å². The molecule has 11 heteroatoms. The molecule has 0 aliphatic heterocycles. The zero-order chi connectivity index (χ0) is 24.4. The third-order valence-electron chi connectivity index (χ3n) is 5.04. The summed E-state index contributed by atoms with van der Waals surface area (Å²) in [6.07, 6.45) is 0. The number of nitrogens with one attached hydrogen (secondary N) is 2. The van der Waals surface area contributed by atoms with Gasteiger partial charge in [-0.15, -0.1) is 5.10 Å². The van der Waals surface area contributed by atoms with Crippen LogP contribution in [0.1, 0.15) is 20.9 Å². The number of hydrogen-bond donors (Lipinski definition) is 2. The number of benzene rings is 3. The van der Waals surface area contributed by atoms with Gasteiger partial charge in [0, 0.05) is 23.1 Å². The molecular weight excluding hydrogens is 454 g/mol. The molecule has 2 aromatic heterocycles. The first-order chi connectivity index (χ1) is 17.0. The molecule has 35 heavy (non-hydrogen) atoms. The number of para-hydroxylation sites is 2. The molecule has 3 aromatic carbocycles. The SMILES string of the molecule is O=C(Nc1ccccc1C(=O)Nc1nnc(-c2ccc([N+](=O)[O-])cc2)o1)c1cc2ccccc2o1. The van der Waals surface area contributed by atoms with Gasteiger partial charge < -0.3 is 14.2 Å². The van der Waals surface area contributed by atoms with Crippen LogP contribution >= 0.6 is 0 Å². The summed E-state index contributed by atoms with van der Waals surface area (Å²) in [5, 5.41) is 24.4. The zero-order valence-electron chi connectivity index (χ0n) is 17.8. The van der Waals surface area contributed by atoms with Gasteiger partial charge in [0.1, 0.15) is 5.58 Å². The van der Waals surface area contributed by atoms with Crippen LogP contribution in [0.25, 0.3) is 22.4 Å². The third kappa shape index (κ3) is 4.46. The molecule has 2 N–H and O–H groups in total. The van der Waals surface area contributed by atoms with Crippen molar-refractivity contribution in [1.82, 2.24) is 10.2 Å². The smallest absolute Gasteiger partial charge is 0.322 e. The van der Waals surface area contributed by atoms with E-state index in [0.29, 0.717) is 11.1 Å². The van der Waals surface area contributed by atoms with Crippen molar-refractivity contribution in [2.75, 3.05) is 10.6 Å². The van der Waals surface area contributed by atoms with E-state index in [2.05, 4.69) is 20.8 Å². The maximum Gasteiger partial charge on any atom is 0.322 e. The first-order valence-corrected chi connectivity index (χ1v) is 10.3. The number of furan rings is 1. The van der Waals surface area contributed by atoms with Crippen LogP contribution in [0, 0.1) is 10.1 Å². The number of carbonyl (C=O) groups is 2. The Morgan fingerprint density at radius 3 is 2.34 bits per heavy atom. The van der Waals surface area contributed by atoms with Crippen molar-refractivity contribution in [2.24, 2.45) is 0 Å². The first-order valence-electron chi connectivity index (χ1n) is 10.3. The average Bonchev–Trinajstić information content (AvgIpc) is 3.51. The van der Waals surface area contributed by atoms with Crippen molar-refractivity contribution in [1.29, 1.82) is 0 Å². The molecule has 5 rings (SSSR count). The molecular formula is C24H15N5O6. The number of hydrogen-bond acceptors (Lipinski definition) is 8. The number of carbonyl (C=O) groups excluding carboxylic acids is 2. The number of amides is 2. The lowest BCUT2D eigenvalue weighted by molar-refractivity contribution is -0.384. The molecule has 0 fully saturated rings. The number of rotatable bonds is 6. The molecule has 0 saturated carbocycles. The minimum Gasteiger partial charge on any atom is -0.451 e. The van der Waals surface area contributed by atoms with E-state index in [-0.39, 0.29) is 34.6 Å². The van der Waals surface area contributed by atoms with Crippen LogP contribution in [-0.4, -0.2) is 26.9 Å². The topological polar surface area (TPSA) is 153 Å². The van der Waals surface area contributed by atoms with Gasteiger partial charge >= 0.3 is 6.01 Å². The number of nitrogens with zero attached hydrogens (tertiary/aromatic N) is 3. The van der Waals surface area contributed by atoms with Gasteiger partial charge in [-0.3, -0.25) is 25.0 Å². The molecule has 2 heterocycles. The Balaban J connectivity index is 1.32. The summed E-state index contributed by atoms with van der Waals surface area (Å²) in [6.45, 7) is 0. The molecule has 0 radical (unpaired) electrons. The fourth-order valence-electron chi connectivity index (χ4n) is 3.35. The van der Waals surface area contributed by atoms with Crippen molar-refractivity contribution >= 4 is 40.2 Å². The lowest BCUT2D eigenvalue weighted by Crippen LogP contribution is -2.18. The lowest BCUT2D eigenvalue weighted by atomic mass is 10.1. The fourth-order valence-corrected chi connectivity index (χ4v) is 3.35. The maximum absolute atomic E-state index is 12.9. The quantitative estimate of drug-likeness (QED) is 0.263. The summed E-state index contributed by atoms with van der Waals surface area (Å²) in [5.41, 5.74) is 1.35. The second kappa shape index (κ2) is 8.90. The van der Waals surface area contributed by atoms with Gasteiger partial charge in [-0.1, -0.05) is 35.4 Å². The van der Waals surface area contributed by atoms with E-state index in [1.807, 2.05) is 12.1 Å². The largest absolute Gasteiger partial charge is 0.451 e. The summed E-state index contributed by atoms with van der Waals surface area (Å²) in [6, 6.07) is 20.6. The van der Waals surface area contributed by atoms with Crippen LogP contribution in [0.2, 0.25) is 0 Å². The summed E-state index contributed by atoms with van der Waals surface area (Å²) < 4.78 is 11.0. The van der Waals surface area contributed by atoms with Gasteiger partial charge in [-0.05, 0) is 36.4 Å². The van der Waals surface area contributed by atoms with E-state index in [9.17, 15) is 19.7 Å². The Labute approximate surface area is 196 Å². The Hall–Kier alpha value is -5.32. The van der Waals surface area contributed by atoms with E-state index < -0.39 is 16.7 Å². The summed E-state index contributed by atoms with van der Waals surface area (Å²) >= 11 is 0. The Morgan fingerprint density at radius 2 is 1.57 bits per heavy atom. The Bertz CT molecular complexity index is 1540. The predicted molar refractivity (Wildman–Crippen MR) is 125 cm³/mol. The zero-order valence-corrected chi connectivity index (χ0v) is 17.8. The van der Waals surface area contributed by atoms with Gasteiger partial charge in [0.15, 0.2) is 5.76 Å². The highest BCUT2D eigenvalue weighted by molar-refractivity contribution is 6.12. The van der Waals surface area contributed by atoms with Gasteiger partial charge in [0.25, 0.3) is 17.5 Å². The number of non-ortho nitro benzene ring substituents is 1. The minimum atomic E-state index is -0.593. The molecule has 0 spiro atoms. The molecule has 0 unspecified atom stereocenters. The monoisotopic (exact) mass is 469 g/mol. The van der Waals surface area contributed by atoms with Crippen LogP contribution in [0.4, 0.5) is 17.4 Å². The predicted octanol–water partition coefficient (Wildman–Crippen LogP) is 4.90. The molecule has 0 saturated heterocycles. The van der Waals surface area contributed by atoms with E-state index in [1.54, 1.807) is 36.4 Å². The van der Waals surface area contributed by atoms with Crippen LogP contribution < -0.4 is 10.6 Å². The standard InChI is InChI=1S/C24H15N5O6/c30-21(26-24-28-27-23(35-24)14-9-11-16(12-10-14)29(32)33)17-6-2-3-7-18(17)25-22(31)20-13-15-5-1-4-8-19(15)34-20/h1-13H,(H,25,31)(H,26,28,30). The average molecular weight is 469 g/mol. The molecule has 0 aliphatic carbocycles. The van der Waals surface area contributed by atoms with E-state index in [4.69, 9.17) is 8.83 Å². The van der Waals surface area contributed by atoms with E-state index >= 15 is 0 Å². The summed E-state index contributed by atoms with van der Waals surface area (Å²) in [4.78, 5) is 35.9. The highest BCUT2D eigenvalue weighted by Crippen LogP contribution is 2.24. The number of fused-ring (bicyclic) bond motifs is 1. The highest BCUT2D eigenvalue weighted by atomic mass is 16.6. The van der Waals surface area contributed by atoms with Crippen LogP contribution in [0.15, 0.2) is 87.7 Å². The molecule has 5 aromatic rings. The van der Waals surface area contributed by atoms with Crippen LogP contribution in [0.3, 0.4) is 0 Å². The molecule has 0 atom stereocenters. The highest BCUT2D eigenvalue weighted by Gasteiger charge is 2.19. The van der Waals surface area contributed by atoms with E-state index in [1.165, 1.54) is 30.3 Å². The van der Waals surface area contributed by atoms with Crippen molar-refractivity contribution in [3.05, 3.63) is 100 Å². The van der Waals surface area contributed by atoms with Crippen molar-refractivity contribution in [3.8, 4) is 11.5 Å². The Kier molecular flexibility index (Phi) is 5.47. The van der Waals surface area contributed by atoms with Crippen molar-refractivity contribution in [3.63, 3.8) is 0 Å². The molecule has 0 aliphatic rings. The van der Waals surface area contributed by atoms with Gasteiger partial charge in [0.05, 0.1) is 16.2 Å². The molecule has 2 amide bonds. The second-order valence-corrected chi connectivity index (χ2v) is 7.32. The number of nitro benzene ring substituents is 1.